The van der Waals surface area contributed by atoms with Gasteiger partial charge in [-0.05, 0) is 6.92 Å². The molecule has 2 aliphatic rings. The second kappa shape index (κ2) is 4.83. The Labute approximate surface area is 112 Å². The standard InChI is InChI=1S/C13H20N2O4/c1-4-19-12(18)11-5-14(9(2)16)6-13(11)7-15(8-13)10(3)17/h11H,4-8H2,1-3H3/t11-/m0/s1. The summed E-state index contributed by atoms with van der Waals surface area (Å²) in [5.41, 5.74) is -0.302. The van der Waals surface area contributed by atoms with E-state index in [4.69, 9.17) is 4.74 Å². The lowest BCUT2D eigenvalue weighted by Crippen LogP contribution is -2.63. The number of hydrogen-bond acceptors (Lipinski definition) is 4. The zero-order valence-electron chi connectivity index (χ0n) is 11.6. The molecule has 1 spiro atoms. The van der Waals surface area contributed by atoms with E-state index in [1.54, 1.807) is 16.7 Å². The number of likely N-dealkylation sites (tertiary alicyclic amines) is 2. The third-order valence-corrected chi connectivity index (χ3v) is 4.12. The van der Waals surface area contributed by atoms with Crippen molar-refractivity contribution in [3.63, 3.8) is 0 Å². The summed E-state index contributed by atoms with van der Waals surface area (Å²) in [5, 5.41) is 0. The summed E-state index contributed by atoms with van der Waals surface area (Å²) in [6, 6.07) is 0. The number of ether oxygens (including phenoxy) is 1. The van der Waals surface area contributed by atoms with E-state index in [2.05, 4.69) is 0 Å². The zero-order valence-corrected chi connectivity index (χ0v) is 11.6. The highest BCUT2D eigenvalue weighted by atomic mass is 16.5. The molecule has 0 unspecified atom stereocenters. The lowest BCUT2D eigenvalue weighted by atomic mass is 9.71. The smallest absolute Gasteiger partial charge is 0.311 e. The first kappa shape index (κ1) is 13.8. The number of rotatable bonds is 2. The van der Waals surface area contributed by atoms with Gasteiger partial charge in [-0.25, -0.2) is 0 Å². The summed E-state index contributed by atoms with van der Waals surface area (Å²) in [5.74, 6) is -0.594. The highest BCUT2D eigenvalue weighted by Gasteiger charge is 2.58. The van der Waals surface area contributed by atoms with Gasteiger partial charge in [-0.2, -0.15) is 0 Å². The molecule has 0 N–H and O–H groups in total. The van der Waals surface area contributed by atoms with E-state index in [0.717, 1.165) is 0 Å². The fourth-order valence-corrected chi connectivity index (χ4v) is 3.03. The van der Waals surface area contributed by atoms with Crippen LogP contribution in [-0.4, -0.2) is 60.4 Å². The van der Waals surface area contributed by atoms with Crippen LogP contribution in [0.3, 0.4) is 0 Å². The van der Waals surface area contributed by atoms with Crippen molar-refractivity contribution in [3.05, 3.63) is 0 Å². The molecule has 0 saturated carbocycles. The molecular weight excluding hydrogens is 248 g/mol. The first-order chi connectivity index (χ1) is 8.89. The molecule has 19 heavy (non-hydrogen) atoms. The van der Waals surface area contributed by atoms with Crippen LogP contribution in [0.4, 0.5) is 0 Å². The summed E-state index contributed by atoms with van der Waals surface area (Å²) in [4.78, 5) is 38.2. The average molecular weight is 268 g/mol. The van der Waals surface area contributed by atoms with E-state index in [-0.39, 0.29) is 29.1 Å². The van der Waals surface area contributed by atoms with E-state index >= 15 is 0 Å². The van der Waals surface area contributed by atoms with Gasteiger partial charge in [-0.15, -0.1) is 0 Å². The van der Waals surface area contributed by atoms with Crippen LogP contribution in [0, 0.1) is 11.3 Å². The van der Waals surface area contributed by atoms with Crippen LogP contribution < -0.4 is 0 Å². The average Bonchev–Trinajstić information content (AvgIpc) is 2.67. The van der Waals surface area contributed by atoms with Crippen LogP contribution in [-0.2, 0) is 19.1 Å². The molecule has 2 saturated heterocycles. The van der Waals surface area contributed by atoms with Crippen molar-refractivity contribution in [2.75, 3.05) is 32.8 Å². The van der Waals surface area contributed by atoms with Crippen LogP contribution >= 0.6 is 0 Å². The van der Waals surface area contributed by atoms with Gasteiger partial charge in [-0.3, -0.25) is 14.4 Å². The molecule has 0 aliphatic carbocycles. The molecule has 2 fully saturated rings. The topological polar surface area (TPSA) is 66.9 Å². The van der Waals surface area contributed by atoms with Gasteiger partial charge in [0.2, 0.25) is 11.8 Å². The number of carbonyl (C=O) groups excluding carboxylic acids is 3. The third-order valence-electron chi connectivity index (χ3n) is 4.12. The van der Waals surface area contributed by atoms with Gasteiger partial charge in [0.15, 0.2) is 0 Å². The number of hydrogen-bond donors (Lipinski definition) is 0. The summed E-state index contributed by atoms with van der Waals surface area (Å²) in [6.07, 6.45) is 0. The van der Waals surface area contributed by atoms with Crippen LogP contribution in [0.5, 0.6) is 0 Å². The highest BCUT2D eigenvalue weighted by molar-refractivity contribution is 5.80. The fourth-order valence-electron chi connectivity index (χ4n) is 3.03. The molecule has 2 heterocycles. The molecule has 2 rings (SSSR count). The largest absolute Gasteiger partial charge is 0.466 e. The van der Waals surface area contributed by atoms with E-state index in [9.17, 15) is 14.4 Å². The monoisotopic (exact) mass is 268 g/mol. The van der Waals surface area contributed by atoms with E-state index in [1.165, 1.54) is 13.8 Å². The van der Waals surface area contributed by atoms with Crippen molar-refractivity contribution < 1.29 is 19.1 Å². The second-order valence-electron chi connectivity index (χ2n) is 5.44. The normalized spacial score (nSPS) is 24.3. The molecule has 1 atom stereocenters. The molecule has 0 radical (unpaired) electrons. The predicted octanol–water partition coefficient (Wildman–Crippen LogP) is -0.124. The van der Waals surface area contributed by atoms with Crippen molar-refractivity contribution in [2.24, 2.45) is 11.3 Å². The lowest BCUT2D eigenvalue weighted by molar-refractivity contribution is -0.160. The van der Waals surface area contributed by atoms with E-state index in [0.29, 0.717) is 32.8 Å². The third kappa shape index (κ3) is 2.31. The minimum atomic E-state index is -0.313. The first-order valence-electron chi connectivity index (χ1n) is 6.57. The molecule has 0 aromatic heterocycles. The first-order valence-corrected chi connectivity index (χ1v) is 6.57. The Hall–Kier alpha value is -1.59. The predicted molar refractivity (Wildman–Crippen MR) is 67.1 cm³/mol. The second-order valence-corrected chi connectivity index (χ2v) is 5.44. The van der Waals surface area contributed by atoms with Gasteiger partial charge in [0.05, 0.1) is 12.5 Å². The Bertz CT molecular complexity index is 415. The van der Waals surface area contributed by atoms with Crippen molar-refractivity contribution in [2.45, 2.75) is 20.8 Å². The zero-order chi connectivity index (χ0) is 14.2. The molecule has 0 aromatic rings. The van der Waals surface area contributed by atoms with Gasteiger partial charge in [0.1, 0.15) is 0 Å². The quantitative estimate of drug-likeness (QED) is 0.655. The van der Waals surface area contributed by atoms with Crippen molar-refractivity contribution in [1.29, 1.82) is 0 Å². The Morgan fingerprint density at radius 2 is 1.63 bits per heavy atom. The van der Waals surface area contributed by atoms with Gasteiger partial charge >= 0.3 is 5.97 Å². The Morgan fingerprint density at radius 1 is 1.11 bits per heavy atom. The van der Waals surface area contributed by atoms with Crippen LogP contribution in [0.1, 0.15) is 20.8 Å². The number of esters is 1. The molecule has 2 amide bonds. The molecule has 0 bridgehead atoms. The molecular formula is C13H20N2O4. The van der Waals surface area contributed by atoms with E-state index < -0.39 is 0 Å². The maximum atomic E-state index is 12.0. The van der Waals surface area contributed by atoms with Gasteiger partial charge in [0, 0.05) is 45.4 Å². The molecule has 0 aromatic carbocycles. The fraction of sp³-hybridized carbons (Fsp3) is 0.769. The Kier molecular flexibility index (Phi) is 3.52. The number of amides is 2. The van der Waals surface area contributed by atoms with Crippen LogP contribution in [0.2, 0.25) is 0 Å². The van der Waals surface area contributed by atoms with Crippen LogP contribution in [0.15, 0.2) is 0 Å². The summed E-state index contributed by atoms with van der Waals surface area (Å²) in [6.45, 7) is 7.14. The highest BCUT2D eigenvalue weighted by Crippen LogP contribution is 2.44. The lowest BCUT2D eigenvalue weighted by Gasteiger charge is -2.49. The van der Waals surface area contributed by atoms with Crippen molar-refractivity contribution in [1.82, 2.24) is 9.80 Å². The SMILES string of the molecule is CCOC(=O)[C@@H]1CN(C(C)=O)CC12CN(C(C)=O)C2. The number of carbonyl (C=O) groups is 3. The van der Waals surface area contributed by atoms with Gasteiger partial charge < -0.3 is 14.5 Å². The van der Waals surface area contributed by atoms with Gasteiger partial charge in [-0.1, -0.05) is 0 Å². The molecule has 6 nitrogen and oxygen atoms in total. The van der Waals surface area contributed by atoms with Crippen molar-refractivity contribution in [3.8, 4) is 0 Å². The van der Waals surface area contributed by atoms with Gasteiger partial charge in [0.25, 0.3) is 0 Å². The summed E-state index contributed by atoms with van der Waals surface area (Å²) < 4.78 is 5.10. The minimum Gasteiger partial charge on any atom is -0.466 e. The van der Waals surface area contributed by atoms with Crippen molar-refractivity contribution >= 4 is 17.8 Å². The van der Waals surface area contributed by atoms with Crippen LogP contribution in [0.25, 0.3) is 0 Å². The maximum Gasteiger partial charge on any atom is 0.311 e. The molecule has 6 heteroatoms. The Balaban J connectivity index is 2.13. The summed E-state index contributed by atoms with van der Waals surface area (Å²) >= 11 is 0. The van der Waals surface area contributed by atoms with E-state index in [1.807, 2.05) is 0 Å². The molecule has 2 aliphatic heterocycles. The minimum absolute atomic E-state index is 0.00880. The summed E-state index contributed by atoms with van der Waals surface area (Å²) in [7, 11) is 0. The molecule has 106 valence electrons. The number of nitrogens with zero attached hydrogens (tertiary/aromatic N) is 2. The Morgan fingerprint density at radius 3 is 2.11 bits per heavy atom. The maximum absolute atomic E-state index is 12.0.